The van der Waals surface area contributed by atoms with Gasteiger partial charge in [-0.15, -0.1) is 0 Å². The van der Waals surface area contributed by atoms with E-state index in [0.29, 0.717) is 37.2 Å². The van der Waals surface area contributed by atoms with E-state index in [9.17, 15) is 23.2 Å². The molecule has 1 fully saturated rings. The largest absolute Gasteiger partial charge is 0.300 e. The zero-order valence-corrected chi connectivity index (χ0v) is 21.3. The van der Waals surface area contributed by atoms with Gasteiger partial charge in [0.1, 0.15) is 5.78 Å². The first-order valence-corrected chi connectivity index (χ1v) is 14.0. The van der Waals surface area contributed by atoms with E-state index in [0.717, 1.165) is 35.0 Å². The van der Waals surface area contributed by atoms with E-state index in [-0.39, 0.29) is 28.8 Å². The average molecular weight is 509 g/mol. The highest BCUT2D eigenvalue weighted by atomic mass is 32.2. The zero-order valence-electron chi connectivity index (χ0n) is 20.5. The van der Waals surface area contributed by atoms with Crippen molar-refractivity contribution in [2.75, 3.05) is 5.75 Å². The number of benzene rings is 2. The third-order valence-corrected chi connectivity index (χ3v) is 8.87. The number of Topliss-reactive ketones (excluding diaryl/α,β-unsaturated/α-hetero) is 1. The van der Waals surface area contributed by atoms with Crippen LogP contribution >= 0.6 is 0 Å². The Morgan fingerprint density at radius 2 is 1.78 bits per heavy atom. The van der Waals surface area contributed by atoms with Crippen molar-refractivity contribution in [1.29, 1.82) is 0 Å². The van der Waals surface area contributed by atoms with Crippen LogP contribution in [0.15, 0.2) is 59.5 Å². The molecule has 1 N–H and O–H groups in total. The van der Waals surface area contributed by atoms with Crippen LogP contribution in [0.25, 0.3) is 10.9 Å². The minimum atomic E-state index is -3.73. The molecule has 7 nitrogen and oxygen atoms in total. The standard InChI is InChI=1S/C28H32N2O5S/c1-20-16-23(27-4-2-3-5-28(27)29-20)11-6-21-9-14-26(15-10-21)36(34,35)18-24(30(33)19-31)17-22-7-12-25(32)13-8-22/h2-5,9-10,14-16,19,22,24,33H,6-8,11-13,17-18H2,1H3. The Hall–Kier alpha value is -3.10. The number of hydroxylamine groups is 2. The number of rotatable bonds is 10. The van der Waals surface area contributed by atoms with Crippen LogP contribution in [0, 0.1) is 12.8 Å². The third kappa shape index (κ3) is 6.36. The van der Waals surface area contributed by atoms with Gasteiger partial charge in [-0.3, -0.25) is 19.8 Å². The van der Waals surface area contributed by atoms with Gasteiger partial charge >= 0.3 is 0 Å². The SMILES string of the molecule is Cc1cc(CCc2ccc(S(=O)(=O)CC(CC3CCC(=O)CC3)N(O)C=O)cc2)c2ccccc2n1. The van der Waals surface area contributed by atoms with Gasteiger partial charge in [-0.25, -0.2) is 13.5 Å². The molecule has 0 bridgehead atoms. The summed E-state index contributed by atoms with van der Waals surface area (Å²) < 4.78 is 26.2. The molecule has 2 aromatic carbocycles. The Labute approximate surface area is 212 Å². The lowest BCUT2D eigenvalue weighted by molar-refractivity contribution is -0.160. The number of para-hydroxylation sites is 1. The van der Waals surface area contributed by atoms with E-state index in [2.05, 4.69) is 17.1 Å². The summed E-state index contributed by atoms with van der Waals surface area (Å²) in [4.78, 5) is 27.5. The number of pyridine rings is 1. The number of aryl methyl sites for hydroxylation is 3. The van der Waals surface area contributed by atoms with Crippen molar-refractivity contribution in [2.24, 2.45) is 5.92 Å². The van der Waals surface area contributed by atoms with E-state index in [1.165, 1.54) is 5.56 Å². The minimum absolute atomic E-state index is 0.104. The molecule has 0 radical (unpaired) electrons. The maximum Gasteiger partial charge on any atom is 0.233 e. The molecule has 0 aliphatic heterocycles. The molecular weight excluding hydrogens is 476 g/mol. The molecule has 8 heteroatoms. The van der Waals surface area contributed by atoms with Crippen LogP contribution in [0.2, 0.25) is 0 Å². The second-order valence-electron chi connectivity index (χ2n) is 9.72. The summed E-state index contributed by atoms with van der Waals surface area (Å²) in [6.07, 6.45) is 4.40. The Morgan fingerprint density at radius 3 is 2.47 bits per heavy atom. The second-order valence-corrected chi connectivity index (χ2v) is 11.8. The van der Waals surface area contributed by atoms with Crippen molar-refractivity contribution in [2.45, 2.75) is 62.8 Å². The van der Waals surface area contributed by atoms with Gasteiger partial charge in [0.15, 0.2) is 9.84 Å². The number of sulfone groups is 1. The van der Waals surface area contributed by atoms with Crippen LogP contribution in [0.4, 0.5) is 0 Å². The van der Waals surface area contributed by atoms with Gasteiger partial charge in [-0.2, -0.15) is 0 Å². The van der Waals surface area contributed by atoms with Crippen molar-refractivity contribution < 1.29 is 23.2 Å². The normalized spacial score (nSPS) is 15.7. The minimum Gasteiger partial charge on any atom is -0.300 e. The molecule has 3 aromatic rings. The summed E-state index contributed by atoms with van der Waals surface area (Å²) in [5, 5.41) is 11.6. The summed E-state index contributed by atoms with van der Waals surface area (Å²) in [7, 11) is -3.73. The number of hydrogen-bond acceptors (Lipinski definition) is 6. The van der Waals surface area contributed by atoms with Gasteiger partial charge in [-0.05, 0) is 80.3 Å². The van der Waals surface area contributed by atoms with E-state index in [4.69, 9.17) is 0 Å². The Morgan fingerprint density at radius 1 is 1.08 bits per heavy atom. The lowest BCUT2D eigenvalue weighted by atomic mass is 9.84. The lowest BCUT2D eigenvalue weighted by Gasteiger charge is -2.28. The molecule has 1 aromatic heterocycles. The molecule has 0 saturated heterocycles. The van der Waals surface area contributed by atoms with Gasteiger partial charge in [0.25, 0.3) is 0 Å². The fraction of sp³-hybridized carbons (Fsp3) is 0.393. The monoisotopic (exact) mass is 508 g/mol. The highest BCUT2D eigenvalue weighted by molar-refractivity contribution is 7.91. The van der Waals surface area contributed by atoms with E-state index in [1.807, 2.05) is 37.3 Å². The number of carbonyl (C=O) groups is 2. The van der Waals surface area contributed by atoms with Crippen molar-refractivity contribution in [3.63, 3.8) is 0 Å². The van der Waals surface area contributed by atoms with Crippen LogP contribution < -0.4 is 0 Å². The Balaban J connectivity index is 1.43. The van der Waals surface area contributed by atoms with Crippen LogP contribution in [0.5, 0.6) is 0 Å². The lowest BCUT2D eigenvalue weighted by Crippen LogP contribution is -2.39. The van der Waals surface area contributed by atoms with Crippen LogP contribution in [-0.2, 0) is 32.3 Å². The van der Waals surface area contributed by atoms with Gasteiger partial charge in [0.2, 0.25) is 6.41 Å². The summed E-state index contributed by atoms with van der Waals surface area (Å²) >= 11 is 0. The molecule has 190 valence electrons. The number of carbonyl (C=O) groups excluding carboxylic acids is 2. The molecule has 1 unspecified atom stereocenters. The molecule has 1 atom stereocenters. The maximum atomic E-state index is 13.1. The predicted octanol–water partition coefficient (Wildman–Crippen LogP) is 4.47. The molecule has 4 rings (SSSR count). The number of aromatic nitrogens is 1. The predicted molar refractivity (Wildman–Crippen MR) is 137 cm³/mol. The molecule has 0 spiro atoms. The molecule has 1 heterocycles. The van der Waals surface area contributed by atoms with Gasteiger partial charge in [0, 0.05) is 23.9 Å². The zero-order chi connectivity index (χ0) is 25.7. The number of hydrogen-bond donors (Lipinski definition) is 1. The van der Waals surface area contributed by atoms with Gasteiger partial charge < -0.3 is 0 Å². The number of amides is 1. The van der Waals surface area contributed by atoms with Crippen molar-refractivity contribution in [1.82, 2.24) is 10.0 Å². The maximum absolute atomic E-state index is 13.1. The Bertz CT molecular complexity index is 1330. The highest BCUT2D eigenvalue weighted by Gasteiger charge is 2.29. The topological polar surface area (TPSA) is 105 Å². The molecule has 1 aliphatic carbocycles. The summed E-state index contributed by atoms with van der Waals surface area (Å²) in [5.74, 6) is -0.0549. The molecule has 1 amide bonds. The first-order chi connectivity index (χ1) is 17.2. The Kier molecular flexibility index (Phi) is 8.16. The fourth-order valence-corrected chi connectivity index (χ4v) is 6.59. The number of fused-ring (bicyclic) bond motifs is 1. The first kappa shape index (κ1) is 26.0. The fourth-order valence-electron chi connectivity index (χ4n) is 5.05. The molecule has 36 heavy (non-hydrogen) atoms. The van der Waals surface area contributed by atoms with Gasteiger partial charge in [-0.1, -0.05) is 30.3 Å². The van der Waals surface area contributed by atoms with Crippen LogP contribution in [0.1, 0.15) is 48.9 Å². The molecule has 1 aliphatic rings. The quantitative estimate of drug-likeness (QED) is 0.246. The highest BCUT2D eigenvalue weighted by Crippen LogP contribution is 2.28. The van der Waals surface area contributed by atoms with Crippen molar-refractivity contribution in [3.8, 4) is 0 Å². The third-order valence-electron chi connectivity index (χ3n) is 7.06. The van der Waals surface area contributed by atoms with Crippen LogP contribution in [-0.4, -0.2) is 47.7 Å². The van der Waals surface area contributed by atoms with E-state index < -0.39 is 15.9 Å². The number of nitrogens with zero attached hydrogens (tertiary/aromatic N) is 2. The van der Waals surface area contributed by atoms with E-state index in [1.54, 1.807) is 12.1 Å². The summed E-state index contributed by atoms with van der Waals surface area (Å²) in [5.41, 5.74) is 4.16. The average Bonchev–Trinajstić information content (AvgIpc) is 2.87. The second kappa shape index (κ2) is 11.3. The van der Waals surface area contributed by atoms with Crippen molar-refractivity contribution >= 4 is 32.9 Å². The van der Waals surface area contributed by atoms with E-state index >= 15 is 0 Å². The van der Waals surface area contributed by atoms with Gasteiger partial charge in [0.05, 0.1) is 22.2 Å². The van der Waals surface area contributed by atoms with Crippen molar-refractivity contribution in [3.05, 3.63) is 71.4 Å². The summed E-state index contributed by atoms with van der Waals surface area (Å²) in [6, 6.07) is 16.1. The first-order valence-electron chi connectivity index (χ1n) is 12.4. The summed E-state index contributed by atoms with van der Waals surface area (Å²) in [6.45, 7) is 1.98. The molecule has 1 saturated carbocycles. The number of ketones is 1. The van der Waals surface area contributed by atoms with Crippen LogP contribution in [0.3, 0.4) is 0 Å². The smallest absolute Gasteiger partial charge is 0.233 e. The molecular formula is C28H32N2O5S.